The number of aryl methyl sites for hydroxylation is 1. The maximum absolute atomic E-state index is 12.3. The molecule has 0 aliphatic heterocycles. The molecule has 1 heterocycles. The number of hydrogen-bond donors (Lipinski definition) is 0. The molecule has 1 fully saturated rings. The van der Waals surface area contributed by atoms with Crippen LogP contribution in [-0.2, 0) is 17.1 Å². The molecule has 1 saturated carbocycles. The van der Waals surface area contributed by atoms with Crippen LogP contribution in [0.25, 0.3) is 0 Å². The van der Waals surface area contributed by atoms with E-state index in [1.54, 1.807) is 7.05 Å². The topological polar surface area (TPSA) is 55.2 Å². The minimum Gasteiger partial charge on any atom is -0.324 e. The zero-order valence-electron chi connectivity index (χ0n) is 9.93. The first kappa shape index (κ1) is 12.9. The monoisotopic (exact) mass is 277 g/mol. The third-order valence-electron chi connectivity index (χ3n) is 2.93. The van der Waals surface area contributed by atoms with Crippen molar-refractivity contribution in [2.75, 3.05) is 13.1 Å². The Balaban J connectivity index is 2.29. The fourth-order valence-electron chi connectivity index (χ4n) is 1.67. The van der Waals surface area contributed by atoms with Gasteiger partial charge in [-0.2, -0.15) is 4.31 Å². The lowest BCUT2D eigenvalue weighted by Crippen LogP contribution is -2.33. The summed E-state index contributed by atoms with van der Waals surface area (Å²) in [5, 5.41) is 0.128. The predicted octanol–water partition coefficient (Wildman–Crippen LogP) is 1.49. The summed E-state index contributed by atoms with van der Waals surface area (Å²) in [5.41, 5.74) is 0. The normalized spacial score (nSPS) is 16.7. The van der Waals surface area contributed by atoms with E-state index < -0.39 is 10.0 Å². The lowest BCUT2D eigenvalue weighted by atomic mass is 10.4. The molecule has 0 saturated heterocycles. The summed E-state index contributed by atoms with van der Waals surface area (Å²) in [6.07, 6.45) is 3.64. The minimum absolute atomic E-state index is 0.0378. The molecule has 1 aromatic rings. The van der Waals surface area contributed by atoms with E-state index in [2.05, 4.69) is 4.98 Å². The molecule has 2 rings (SSSR count). The Morgan fingerprint density at radius 2 is 2.24 bits per heavy atom. The summed E-state index contributed by atoms with van der Waals surface area (Å²) < 4.78 is 27.6. The molecule has 17 heavy (non-hydrogen) atoms. The van der Waals surface area contributed by atoms with Gasteiger partial charge in [-0.05, 0) is 18.8 Å². The van der Waals surface area contributed by atoms with Crippen LogP contribution in [0.3, 0.4) is 0 Å². The Labute approximate surface area is 106 Å². The first-order valence-corrected chi connectivity index (χ1v) is 7.45. The van der Waals surface area contributed by atoms with E-state index in [4.69, 9.17) is 11.6 Å². The van der Waals surface area contributed by atoms with Gasteiger partial charge in [0.25, 0.3) is 10.0 Å². The second kappa shape index (κ2) is 4.59. The summed E-state index contributed by atoms with van der Waals surface area (Å²) >= 11 is 5.94. The molecule has 0 aromatic carbocycles. The van der Waals surface area contributed by atoms with Crippen molar-refractivity contribution in [2.45, 2.75) is 24.8 Å². The van der Waals surface area contributed by atoms with Gasteiger partial charge in [0.1, 0.15) is 5.15 Å². The smallest absolute Gasteiger partial charge is 0.263 e. The molecular formula is C10H16ClN3O2S. The molecule has 0 unspecified atom stereocenters. The molecule has 5 nitrogen and oxygen atoms in total. The molecule has 0 radical (unpaired) electrons. The summed E-state index contributed by atoms with van der Waals surface area (Å²) in [5.74, 6) is 0.507. The van der Waals surface area contributed by atoms with E-state index in [0.717, 1.165) is 12.8 Å². The Morgan fingerprint density at radius 1 is 1.59 bits per heavy atom. The van der Waals surface area contributed by atoms with Crippen molar-refractivity contribution in [3.8, 4) is 0 Å². The molecule has 1 aliphatic carbocycles. The van der Waals surface area contributed by atoms with Crippen LogP contribution in [0.4, 0.5) is 0 Å². The van der Waals surface area contributed by atoms with Crippen LogP contribution in [0, 0.1) is 5.92 Å². The number of aromatic nitrogens is 2. The van der Waals surface area contributed by atoms with Crippen molar-refractivity contribution in [3.63, 3.8) is 0 Å². The van der Waals surface area contributed by atoms with Crippen LogP contribution in [0.15, 0.2) is 11.4 Å². The van der Waals surface area contributed by atoms with Crippen molar-refractivity contribution in [2.24, 2.45) is 13.0 Å². The number of nitrogens with zero attached hydrogens (tertiary/aromatic N) is 3. The summed E-state index contributed by atoms with van der Waals surface area (Å²) in [7, 11) is -1.87. The first-order valence-electron chi connectivity index (χ1n) is 5.63. The van der Waals surface area contributed by atoms with Gasteiger partial charge in [-0.3, -0.25) is 0 Å². The predicted molar refractivity (Wildman–Crippen MR) is 65.4 cm³/mol. The van der Waals surface area contributed by atoms with Gasteiger partial charge >= 0.3 is 0 Å². The lowest BCUT2D eigenvalue weighted by Gasteiger charge is -2.18. The highest BCUT2D eigenvalue weighted by molar-refractivity contribution is 7.89. The van der Waals surface area contributed by atoms with Gasteiger partial charge in [0.2, 0.25) is 5.03 Å². The number of halogens is 1. The van der Waals surface area contributed by atoms with E-state index in [1.165, 1.54) is 15.2 Å². The molecule has 1 aliphatic rings. The second-order valence-electron chi connectivity index (χ2n) is 4.35. The van der Waals surface area contributed by atoms with Crippen molar-refractivity contribution in [1.29, 1.82) is 0 Å². The van der Waals surface area contributed by atoms with Crippen LogP contribution in [0.1, 0.15) is 19.8 Å². The maximum atomic E-state index is 12.3. The molecule has 0 N–H and O–H groups in total. The number of imidazole rings is 1. The van der Waals surface area contributed by atoms with Crippen molar-refractivity contribution < 1.29 is 8.42 Å². The van der Waals surface area contributed by atoms with Crippen LogP contribution in [0.2, 0.25) is 5.15 Å². The van der Waals surface area contributed by atoms with Gasteiger partial charge in [0.05, 0.1) is 6.33 Å². The average molecular weight is 278 g/mol. The Bertz CT molecular complexity index is 508. The van der Waals surface area contributed by atoms with E-state index in [0.29, 0.717) is 19.0 Å². The number of sulfonamides is 1. The van der Waals surface area contributed by atoms with Crippen molar-refractivity contribution in [3.05, 3.63) is 11.5 Å². The standard InChI is InChI=1S/C10H16ClN3O2S/c1-3-14(6-8-4-5-8)17(15,16)10-9(11)13(2)7-12-10/h7-8H,3-6H2,1-2H3. The molecule has 96 valence electrons. The molecular weight excluding hydrogens is 262 g/mol. The van der Waals surface area contributed by atoms with Crippen molar-refractivity contribution in [1.82, 2.24) is 13.9 Å². The van der Waals surface area contributed by atoms with Gasteiger partial charge in [-0.25, -0.2) is 13.4 Å². The van der Waals surface area contributed by atoms with E-state index in [-0.39, 0.29) is 10.2 Å². The first-order chi connectivity index (χ1) is 7.96. The highest BCUT2D eigenvalue weighted by atomic mass is 35.5. The van der Waals surface area contributed by atoms with E-state index in [1.807, 2.05) is 6.92 Å². The van der Waals surface area contributed by atoms with Crippen molar-refractivity contribution >= 4 is 21.6 Å². The average Bonchev–Trinajstić information content (AvgIpc) is 3.03. The quantitative estimate of drug-likeness (QED) is 0.819. The van der Waals surface area contributed by atoms with Gasteiger partial charge < -0.3 is 4.57 Å². The SMILES string of the molecule is CCN(CC1CC1)S(=O)(=O)c1ncn(C)c1Cl. The zero-order valence-corrected chi connectivity index (χ0v) is 11.5. The fourth-order valence-corrected chi connectivity index (χ4v) is 3.59. The zero-order chi connectivity index (χ0) is 12.6. The minimum atomic E-state index is -3.55. The molecule has 0 spiro atoms. The largest absolute Gasteiger partial charge is 0.324 e. The van der Waals surface area contributed by atoms with E-state index >= 15 is 0 Å². The third-order valence-corrected chi connectivity index (χ3v) is 5.36. The maximum Gasteiger partial charge on any atom is 0.263 e. The fraction of sp³-hybridized carbons (Fsp3) is 0.700. The van der Waals surface area contributed by atoms with Gasteiger partial charge in [0, 0.05) is 20.1 Å². The summed E-state index contributed by atoms with van der Waals surface area (Å²) in [6, 6.07) is 0. The molecule has 0 atom stereocenters. The molecule has 1 aromatic heterocycles. The van der Waals surface area contributed by atoms with Gasteiger partial charge in [0.15, 0.2) is 0 Å². The molecule has 7 heteroatoms. The lowest BCUT2D eigenvalue weighted by molar-refractivity contribution is 0.410. The van der Waals surface area contributed by atoms with Crippen LogP contribution < -0.4 is 0 Å². The highest BCUT2D eigenvalue weighted by Crippen LogP contribution is 2.32. The van der Waals surface area contributed by atoms with Crippen LogP contribution in [0.5, 0.6) is 0 Å². The third kappa shape index (κ3) is 2.48. The van der Waals surface area contributed by atoms with E-state index in [9.17, 15) is 8.42 Å². The highest BCUT2D eigenvalue weighted by Gasteiger charge is 2.33. The summed E-state index contributed by atoms with van der Waals surface area (Å²) in [6.45, 7) is 2.86. The van der Waals surface area contributed by atoms with Crippen LogP contribution in [-0.4, -0.2) is 35.4 Å². The second-order valence-corrected chi connectivity index (χ2v) is 6.56. The van der Waals surface area contributed by atoms with Gasteiger partial charge in [-0.1, -0.05) is 18.5 Å². The Morgan fingerprint density at radius 3 is 2.65 bits per heavy atom. The van der Waals surface area contributed by atoms with Gasteiger partial charge in [-0.15, -0.1) is 0 Å². The Kier molecular flexibility index (Phi) is 3.47. The molecule has 0 amide bonds. The Hall–Kier alpha value is -0.590. The van der Waals surface area contributed by atoms with Crippen LogP contribution >= 0.6 is 11.6 Å². The number of hydrogen-bond acceptors (Lipinski definition) is 3. The molecule has 0 bridgehead atoms. The number of rotatable bonds is 5. The summed E-state index contributed by atoms with van der Waals surface area (Å²) in [4.78, 5) is 3.88.